The monoisotopic (exact) mass is 360 g/mol. The largest absolute Gasteiger partial charge is 0.493 e. The van der Waals surface area contributed by atoms with Gasteiger partial charge in [0, 0.05) is 19.2 Å². The molecule has 0 fully saturated rings. The minimum absolute atomic E-state index is 0.0468. The number of esters is 1. The molecular weight excluding hydrogens is 340 g/mol. The Balaban J connectivity index is 3.17. The van der Waals surface area contributed by atoms with Crippen LogP contribution in [0.2, 0.25) is 0 Å². The zero-order chi connectivity index (χ0) is 18.5. The Bertz CT molecular complexity index is 731. The lowest BCUT2D eigenvalue weighted by Crippen LogP contribution is -2.34. The number of likely N-dealkylation sites (N-methyl/N-ethyl adjacent to an activating group) is 1. The van der Waals surface area contributed by atoms with Crippen molar-refractivity contribution in [2.75, 3.05) is 46.5 Å². The number of nitrogens with one attached hydrogen (secondary N) is 1. The maximum Gasteiger partial charge on any atom is 0.340 e. The van der Waals surface area contributed by atoms with E-state index in [0.717, 1.165) is 10.6 Å². The molecule has 1 rings (SSSR count). The van der Waals surface area contributed by atoms with Crippen LogP contribution in [0.1, 0.15) is 10.4 Å². The first kappa shape index (κ1) is 19.7. The molecule has 0 spiro atoms. The smallest absolute Gasteiger partial charge is 0.340 e. The van der Waals surface area contributed by atoms with Crippen molar-refractivity contribution in [2.24, 2.45) is 0 Å². The van der Waals surface area contributed by atoms with Crippen LogP contribution in [0.25, 0.3) is 0 Å². The molecule has 1 amide bonds. The molecule has 0 saturated carbocycles. The Morgan fingerprint density at radius 3 is 2.12 bits per heavy atom. The Kier molecular flexibility index (Phi) is 6.55. The number of benzene rings is 1. The number of ether oxygens (including phenoxy) is 3. The Labute approximate surface area is 140 Å². The van der Waals surface area contributed by atoms with E-state index in [1.54, 1.807) is 0 Å². The van der Waals surface area contributed by atoms with Gasteiger partial charge in [0.2, 0.25) is 15.9 Å². The summed E-state index contributed by atoms with van der Waals surface area (Å²) in [6.45, 7) is -0.409. The van der Waals surface area contributed by atoms with Crippen LogP contribution in [0.4, 0.5) is 5.69 Å². The van der Waals surface area contributed by atoms with Gasteiger partial charge in [0.05, 0.1) is 45.4 Å². The molecule has 0 aromatic heterocycles. The molecule has 0 heterocycles. The summed E-state index contributed by atoms with van der Waals surface area (Å²) >= 11 is 0. The summed E-state index contributed by atoms with van der Waals surface area (Å²) in [5.41, 5.74) is 0.164. The summed E-state index contributed by atoms with van der Waals surface area (Å²) in [6.07, 6.45) is 0.983. The first-order chi connectivity index (χ1) is 11.1. The highest BCUT2D eigenvalue weighted by Gasteiger charge is 2.21. The van der Waals surface area contributed by atoms with Gasteiger partial charge in [-0.1, -0.05) is 0 Å². The Morgan fingerprint density at radius 1 is 1.12 bits per heavy atom. The van der Waals surface area contributed by atoms with Gasteiger partial charge in [0.25, 0.3) is 0 Å². The maximum atomic E-state index is 12.0. The number of carbonyl (C=O) groups is 2. The fourth-order valence-electron chi connectivity index (χ4n) is 1.77. The second kappa shape index (κ2) is 7.97. The molecule has 24 heavy (non-hydrogen) atoms. The minimum Gasteiger partial charge on any atom is -0.493 e. The molecule has 1 N–H and O–H groups in total. The third-order valence-corrected chi connectivity index (χ3v) is 4.40. The third-order valence-electron chi connectivity index (χ3n) is 3.14. The number of sulfonamides is 1. The van der Waals surface area contributed by atoms with Crippen molar-refractivity contribution in [1.29, 1.82) is 0 Å². The van der Waals surface area contributed by atoms with Gasteiger partial charge in [0.15, 0.2) is 11.5 Å². The molecule has 10 heteroatoms. The standard InChI is InChI=1S/C14H20N2O7S/c1-16(24(5,19)20)8-13(17)15-10-7-12(22-3)11(21-2)6-9(10)14(18)23-4/h6-7H,8H2,1-5H3,(H,15,17). The number of nitrogens with zero attached hydrogens (tertiary/aromatic N) is 1. The van der Waals surface area contributed by atoms with Gasteiger partial charge >= 0.3 is 5.97 Å². The van der Waals surface area contributed by atoms with Gasteiger partial charge in [-0.2, -0.15) is 4.31 Å². The molecule has 0 aliphatic carbocycles. The van der Waals surface area contributed by atoms with Crippen LogP contribution < -0.4 is 14.8 Å². The van der Waals surface area contributed by atoms with Gasteiger partial charge in [-0.25, -0.2) is 13.2 Å². The van der Waals surface area contributed by atoms with Crippen LogP contribution in [0, 0.1) is 0 Å². The zero-order valence-electron chi connectivity index (χ0n) is 14.1. The van der Waals surface area contributed by atoms with Gasteiger partial charge in [-0.3, -0.25) is 4.79 Å². The number of rotatable bonds is 7. The van der Waals surface area contributed by atoms with Crippen molar-refractivity contribution < 1.29 is 32.2 Å². The molecule has 0 saturated heterocycles. The lowest BCUT2D eigenvalue weighted by molar-refractivity contribution is -0.116. The van der Waals surface area contributed by atoms with Gasteiger partial charge in [-0.05, 0) is 0 Å². The van der Waals surface area contributed by atoms with Crippen molar-refractivity contribution in [3.8, 4) is 11.5 Å². The summed E-state index contributed by atoms with van der Waals surface area (Å²) in [6, 6.07) is 2.75. The molecule has 134 valence electrons. The molecule has 1 aromatic carbocycles. The predicted molar refractivity (Wildman–Crippen MR) is 87.0 cm³/mol. The number of hydrogen-bond acceptors (Lipinski definition) is 7. The average molecular weight is 360 g/mol. The molecule has 0 aliphatic heterocycles. The van der Waals surface area contributed by atoms with Crippen molar-refractivity contribution in [3.63, 3.8) is 0 Å². The van der Waals surface area contributed by atoms with Crippen LogP contribution in [-0.4, -0.2) is 65.8 Å². The van der Waals surface area contributed by atoms with Crippen molar-refractivity contribution >= 4 is 27.6 Å². The lowest BCUT2D eigenvalue weighted by Gasteiger charge is -2.17. The highest BCUT2D eigenvalue weighted by Crippen LogP contribution is 2.33. The predicted octanol–water partition coefficient (Wildman–Crippen LogP) is 0.320. The fourth-order valence-corrected chi connectivity index (χ4v) is 2.12. The molecule has 9 nitrogen and oxygen atoms in total. The zero-order valence-corrected chi connectivity index (χ0v) is 14.9. The number of methoxy groups -OCH3 is 3. The lowest BCUT2D eigenvalue weighted by atomic mass is 10.1. The Morgan fingerprint density at radius 2 is 1.67 bits per heavy atom. The molecule has 0 unspecified atom stereocenters. The minimum atomic E-state index is -3.51. The maximum absolute atomic E-state index is 12.0. The SMILES string of the molecule is COC(=O)c1cc(OC)c(OC)cc1NC(=O)CN(C)S(C)(=O)=O. The van der Waals surface area contributed by atoms with E-state index in [9.17, 15) is 18.0 Å². The first-order valence-electron chi connectivity index (χ1n) is 6.69. The number of hydrogen-bond donors (Lipinski definition) is 1. The second-order valence-electron chi connectivity index (χ2n) is 4.81. The van der Waals surface area contributed by atoms with Crippen molar-refractivity contribution in [1.82, 2.24) is 4.31 Å². The molecule has 0 bridgehead atoms. The fraction of sp³-hybridized carbons (Fsp3) is 0.429. The topological polar surface area (TPSA) is 111 Å². The van der Waals surface area contributed by atoms with Crippen LogP contribution in [-0.2, 0) is 19.6 Å². The van der Waals surface area contributed by atoms with E-state index >= 15 is 0 Å². The van der Waals surface area contributed by atoms with E-state index in [1.165, 1.54) is 40.5 Å². The Hall–Kier alpha value is -2.33. The first-order valence-corrected chi connectivity index (χ1v) is 8.54. The second-order valence-corrected chi connectivity index (χ2v) is 6.90. The third kappa shape index (κ3) is 4.83. The van der Waals surface area contributed by atoms with E-state index in [-0.39, 0.29) is 22.7 Å². The summed E-state index contributed by atoms with van der Waals surface area (Å²) < 4.78 is 38.5. The highest BCUT2D eigenvalue weighted by atomic mass is 32.2. The van der Waals surface area contributed by atoms with Crippen LogP contribution in [0.15, 0.2) is 12.1 Å². The van der Waals surface area contributed by atoms with E-state index in [2.05, 4.69) is 10.1 Å². The quantitative estimate of drug-likeness (QED) is 0.697. The summed E-state index contributed by atoms with van der Waals surface area (Å²) in [7, 11) is 1.76. The van der Waals surface area contributed by atoms with Gasteiger partial charge in [0.1, 0.15) is 0 Å². The molecular formula is C14H20N2O7S. The molecule has 0 atom stereocenters. The van der Waals surface area contributed by atoms with E-state index < -0.39 is 28.4 Å². The van der Waals surface area contributed by atoms with Gasteiger partial charge < -0.3 is 19.5 Å². The summed E-state index contributed by atoms with van der Waals surface area (Å²) in [5.74, 6) is -0.746. The molecule has 1 aromatic rings. The van der Waals surface area contributed by atoms with Crippen LogP contribution in [0.3, 0.4) is 0 Å². The summed E-state index contributed by atoms with van der Waals surface area (Å²) in [5, 5.41) is 2.47. The number of anilines is 1. The molecule has 0 radical (unpaired) electrons. The van der Waals surface area contributed by atoms with Crippen LogP contribution in [0.5, 0.6) is 11.5 Å². The van der Waals surface area contributed by atoms with E-state index in [0.29, 0.717) is 0 Å². The van der Waals surface area contributed by atoms with Crippen molar-refractivity contribution in [3.05, 3.63) is 17.7 Å². The van der Waals surface area contributed by atoms with Crippen LogP contribution >= 0.6 is 0 Å². The average Bonchev–Trinajstić information content (AvgIpc) is 2.52. The highest BCUT2D eigenvalue weighted by molar-refractivity contribution is 7.88. The van der Waals surface area contributed by atoms with Crippen molar-refractivity contribution in [2.45, 2.75) is 0 Å². The van der Waals surface area contributed by atoms with E-state index in [1.807, 2.05) is 0 Å². The number of carbonyl (C=O) groups excluding carboxylic acids is 2. The number of amides is 1. The normalized spacial score (nSPS) is 11.1. The summed E-state index contributed by atoms with van der Waals surface area (Å²) in [4.78, 5) is 23.9. The molecule has 0 aliphatic rings. The van der Waals surface area contributed by atoms with E-state index in [4.69, 9.17) is 9.47 Å². The van der Waals surface area contributed by atoms with Gasteiger partial charge in [-0.15, -0.1) is 0 Å².